The van der Waals surface area contributed by atoms with E-state index >= 15 is 0 Å². The lowest BCUT2D eigenvalue weighted by Gasteiger charge is -2.41. The molecular formula is C22H25ClN2O3. The first kappa shape index (κ1) is 20.3. The minimum Gasteiger partial charge on any atom is -0.466 e. The average Bonchev–Trinajstić information content (AvgIpc) is 2.68. The predicted octanol–water partition coefficient (Wildman–Crippen LogP) is 4.07. The molecule has 3 rings (SSSR count). The van der Waals surface area contributed by atoms with Gasteiger partial charge in [0.2, 0.25) is 0 Å². The van der Waals surface area contributed by atoms with E-state index < -0.39 is 5.41 Å². The second kappa shape index (κ2) is 8.74. The minimum atomic E-state index is -0.771. The number of ether oxygens (including phenoxy) is 1. The molecule has 6 heteroatoms. The third-order valence-electron chi connectivity index (χ3n) is 5.16. The van der Waals surface area contributed by atoms with E-state index in [0.29, 0.717) is 43.1 Å². The summed E-state index contributed by atoms with van der Waals surface area (Å²) in [4.78, 5) is 31.9. The van der Waals surface area contributed by atoms with Gasteiger partial charge in [0.1, 0.15) is 0 Å². The molecule has 0 N–H and O–H groups in total. The predicted molar refractivity (Wildman–Crippen MR) is 108 cm³/mol. The highest BCUT2D eigenvalue weighted by Gasteiger charge is 2.45. The number of amides is 1. The Labute approximate surface area is 170 Å². The Kier molecular flexibility index (Phi) is 6.35. The van der Waals surface area contributed by atoms with Crippen molar-refractivity contribution in [1.29, 1.82) is 0 Å². The number of carbonyl (C=O) groups is 2. The van der Waals surface area contributed by atoms with E-state index in [1.807, 2.05) is 37.3 Å². The molecule has 1 amide bonds. The van der Waals surface area contributed by atoms with Crippen LogP contribution < -0.4 is 0 Å². The van der Waals surface area contributed by atoms with Crippen LogP contribution in [0.5, 0.6) is 0 Å². The summed E-state index contributed by atoms with van der Waals surface area (Å²) >= 11 is 6.13. The number of nitrogens with zero attached hydrogens (tertiary/aromatic N) is 2. The number of aromatic nitrogens is 1. The number of piperidine rings is 1. The fourth-order valence-electron chi connectivity index (χ4n) is 3.79. The first-order valence-electron chi connectivity index (χ1n) is 9.57. The molecule has 1 unspecified atom stereocenters. The molecule has 0 radical (unpaired) electrons. The van der Waals surface area contributed by atoms with Gasteiger partial charge in [-0.25, -0.2) is 0 Å². The van der Waals surface area contributed by atoms with E-state index in [-0.39, 0.29) is 11.9 Å². The van der Waals surface area contributed by atoms with Crippen molar-refractivity contribution in [2.75, 3.05) is 19.7 Å². The zero-order chi connectivity index (χ0) is 20.1. The summed E-state index contributed by atoms with van der Waals surface area (Å²) in [7, 11) is 0. The normalized spacial score (nSPS) is 19.3. The first-order chi connectivity index (χ1) is 13.4. The largest absolute Gasteiger partial charge is 0.466 e. The van der Waals surface area contributed by atoms with Crippen LogP contribution in [-0.2, 0) is 16.0 Å². The first-order valence-corrected chi connectivity index (χ1v) is 9.95. The van der Waals surface area contributed by atoms with Crippen LogP contribution >= 0.6 is 11.6 Å². The standard InChI is InChI=1S/C22H25ClN2O3/c1-3-28-21(27)22(13-17-6-4-7-19(23)12-17)10-5-11-25(15-22)20(26)18-9-8-16(2)24-14-18/h4,6-9,12,14H,3,5,10-11,13,15H2,1-2H3. The second-order valence-electron chi connectivity index (χ2n) is 7.33. The summed E-state index contributed by atoms with van der Waals surface area (Å²) in [6.07, 6.45) is 3.50. The number of halogens is 1. The van der Waals surface area contributed by atoms with E-state index in [2.05, 4.69) is 4.98 Å². The smallest absolute Gasteiger partial charge is 0.314 e. The Morgan fingerprint density at radius 3 is 2.79 bits per heavy atom. The third-order valence-corrected chi connectivity index (χ3v) is 5.40. The third kappa shape index (κ3) is 4.53. The van der Waals surface area contributed by atoms with Gasteiger partial charge in [0, 0.05) is 30.0 Å². The highest BCUT2D eigenvalue weighted by atomic mass is 35.5. The summed E-state index contributed by atoms with van der Waals surface area (Å²) < 4.78 is 5.41. The molecule has 2 heterocycles. The van der Waals surface area contributed by atoms with Crippen molar-refractivity contribution >= 4 is 23.5 Å². The Balaban J connectivity index is 1.87. The number of pyridine rings is 1. The molecule has 0 aliphatic carbocycles. The van der Waals surface area contributed by atoms with E-state index in [0.717, 1.165) is 17.7 Å². The van der Waals surface area contributed by atoms with Gasteiger partial charge in [0.05, 0.1) is 17.6 Å². The Hall–Kier alpha value is -2.40. The molecule has 1 aliphatic rings. The fourth-order valence-corrected chi connectivity index (χ4v) is 4.00. The van der Waals surface area contributed by atoms with Gasteiger partial charge in [0.25, 0.3) is 5.91 Å². The maximum absolute atomic E-state index is 13.0. The Bertz CT molecular complexity index is 853. The van der Waals surface area contributed by atoms with E-state index in [4.69, 9.17) is 16.3 Å². The molecule has 28 heavy (non-hydrogen) atoms. The van der Waals surface area contributed by atoms with Crippen LogP contribution in [-0.4, -0.2) is 41.5 Å². The zero-order valence-corrected chi connectivity index (χ0v) is 17.0. The molecule has 0 spiro atoms. The van der Waals surface area contributed by atoms with Gasteiger partial charge in [-0.1, -0.05) is 23.7 Å². The quantitative estimate of drug-likeness (QED) is 0.710. The van der Waals surface area contributed by atoms with Gasteiger partial charge >= 0.3 is 5.97 Å². The average molecular weight is 401 g/mol. The van der Waals surface area contributed by atoms with Crippen LogP contribution in [0, 0.1) is 12.3 Å². The molecule has 1 atom stereocenters. The Morgan fingerprint density at radius 2 is 2.11 bits per heavy atom. The molecule has 148 valence electrons. The van der Waals surface area contributed by atoms with Gasteiger partial charge in [-0.3, -0.25) is 14.6 Å². The van der Waals surface area contributed by atoms with E-state index in [1.165, 1.54) is 0 Å². The van der Waals surface area contributed by atoms with Crippen LogP contribution in [0.25, 0.3) is 0 Å². The van der Waals surface area contributed by atoms with Crippen molar-refractivity contribution in [2.24, 2.45) is 5.41 Å². The van der Waals surface area contributed by atoms with Crippen molar-refractivity contribution in [3.05, 3.63) is 64.4 Å². The lowest BCUT2D eigenvalue weighted by atomic mass is 9.75. The van der Waals surface area contributed by atoms with Crippen molar-refractivity contribution < 1.29 is 14.3 Å². The van der Waals surface area contributed by atoms with Crippen LogP contribution in [0.1, 0.15) is 41.4 Å². The number of likely N-dealkylation sites (tertiary alicyclic amines) is 1. The molecule has 1 aromatic carbocycles. The number of rotatable bonds is 5. The van der Waals surface area contributed by atoms with Crippen LogP contribution in [0.15, 0.2) is 42.6 Å². The molecule has 1 aliphatic heterocycles. The summed E-state index contributed by atoms with van der Waals surface area (Å²) in [5.41, 5.74) is 1.59. The van der Waals surface area contributed by atoms with Crippen molar-refractivity contribution in [3.63, 3.8) is 0 Å². The van der Waals surface area contributed by atoms with Crippen LogP contribution in [0.4, 0.5) is 0 Å². The number of aryl methyl sites for hydroxylation is 1. The molecule has 0 saturated carbocycles. The number of hydrogen-bond acceptors (Lipinski definition) is 4. The van der Waals surface area contributed by atoms with Gasteiger partial charge < -0.3 is 9.64 Å². The second-order valence-corrected chi connectivity index (χ2v) is 7.76. The van der Waals surface area contributed by atoms with Crippen molar-refractivity contribution in [2.45, 2.75) is 33.1 Å². The van der Waals surface area contributed by atoms with E-state index in [1.54, 1.807) is 24.1 Å². The lowest BCUT2D eigenvalue weighted by molar-refractivity contribution is -0.158. The highest BCUT2D eigenvalue weighted by molar-refractivity contribution is 6.30. The zero-order valence-electron chi connectivity index (χ0n) is 16.3. The summed E-state index contributed by atoms with van der Waals surface area (Å²) in [6.45, 7) is 4.93. The highest BCUT2D eigenvalue weighted by Crippen LogP contribution is 2.36. The fraction of sp³-hybridized carbons (Fsp3) is 0.409. The Morgan fingerprint density at radius 1 is 1.29 bits per heavy atom. The van der Waals surface area contributed by atoms with Gasteiger partial charge in [-0.15, -0.1) is 0 Å². The molecule has 1 aromatic heterocycles. The van der Waals surface area contributed by atoms with Gasteiger partial charge in [0.15, 0.2) is 0 Å². The van der Waals surface area contributed by atoms with Crippen molar-refractivity contribution in [1.82, 2.24) is 9.88 Å². The summed E-state index contributed by atoms with van der Waals surface area (Å²) in [6, 6.07) is 11.1. The van der Waals surface area contributed by atoms with Gasteiger partial charge in [-0.2, -0.15) is 0 Å². The molecule has 1 fully saturated rings. The number of benzene rings is 1. The van der Waals surface area contributed by atoms with E-state index in [9.17, 15) is 9.59 Å². The number of hydrogen-bond donors (Lipinski definition) is 0. The maximum Gasteiger partial charge on any atom is 0.314 e. The van der Waals surface area contributed by atoms with Gasteiger partial charge in [-0.05, 0) is 62.9 Å². The van der Waals surface area contributed by atoms with Crippen LogP contribution in [0.3, 0.4) is 0 Å². The summed E-state index contributed by atoms with van der Waals surface area (Å²) in [5, 5.41) is 0.631. The molecule has 5 nitrogen and oxygen atoms in total. The molecule has 2 aromatic rings. The lowest BCUT2D eigenvalue weighted by Crippen LogP contribution is -2.51. The SMILES string of the molecule is CCOC(=O)C1(Cc2cccc(Cl)c2)CCCN(C(=O)c2ccc(C)nc2)C1. The topological polar surface area (TPSA) is 59.5 Å². The summed E-state index contributed by atoms with van der Waals surface area (Å²) in [5.74, 6) is -0.360. The number of esters is 1. The number of carbonyl (C=O) groups excluding carboxylic acids is 2. The molecule has 0 bridgehead atoms. The van der Waals surface area contributed by atoms with Crippen molar-refractivity contribution in [3.8, 4) is 0 Å². The van der Waals surface area contributed by atoms with Crippen LogP contribution in [0.2, 0.25) is 5.02 Å². The monoisotopic (exact) mass is 400 g/mol. The molecule has 1 saturated heterocycles. The molecular weight excluding hydrogens is 376 g/mol. The maximum atomic E-state index is 13.0. The minimum absolute atomic E-state index is 0.105.